The number of amides is 1. The number of rotatable bonds is 3. The van der Waals surface area contributed by atoms with E-state index < -0.39 is 0 Å². The number of carbonyl (C=O) groups is 1. The summed E-state index contributed by atoms with van der Waals surface area (Å²) in [6.45, 7) is 3.77. The van der Waals surface area contributed by atoms with Gasteiger partial charge in [-0.05, 0) is 49.4 Å². The van der Waals surface area contributed by atoms with Crippen LogP contribution in [0.5, 0.6) is 0 Å². The average molecular weight is 288 g/mol. The molecule has 0 saturated heterocycles. The predicted octanol–water partition coefficient (Wildman–Crippen LogP) is 4.07. The molecule has 106 valence electrons. The van der Waals surface area contributed by atoms with E-state index in [1.165, 1.54) is 11.8 Å². The highest BCUT2D eigenvalue weighted by molar-refractivity contribution is 8.00. The van der Waals surface area contributed by atoms with Gasteiger partial charge in [0.2, 0.25) is 5.91 Å². The molecule has 2 rings (SSSR count). The van der Waals surface area contributed by atoms with Crippen molar-refractivity contribution < 1.29 is 4.79 Å². The Morgan fingerprint density at radius 2 is 2.05 bits per heavy atom. The molecule has 1 N–H and O–H groups in total. The van der Waals surface area contributed by atoms with Gasteiger partial charge in [-0.2, -0.15) is 5.26 Å². The minimum atomic E-state index is -0.0592. The maximum Gasteiger partial charge on any atom is 0.221 e. The van der Waals surface area contributed by atoms with Crippen LogP contribution in [0.3, 0.4) is 0 Å². The summed E-state index contributed by atoms with van der Waals surface area (Å²) in [6, 6.07) is 10.3. The first-order valence-corrected chi connectivity index (χ1v) is 7.90. The van der Waals surface area contributed by atoms with E-state index in [2.05, 4.69) is 18.3 Å². The van der Waals surface area contributed by atoms with E-state index in [1.54, 1.807) is 11.8 Å². The Balaban J connectivity index is 2.01. The molecule has 0 aromatic heterocycles. The fourth-order valence-electron chi connectivity index (χ4n) is 2.60. The summed E-state index contributed by atoms with van der Waals surface area (Å²) < 4.78 is 0. The summed E-state index contributed by atoms with van der Waals surface area (Å²) in [5.41, 5.74) is 0.815. The first-order valence-electron chi connectivity index (χ1n) is 7.02. The van der Waals surface area contributed by atoms with Gasteiger partial charge in [0.1, 0.15) is 0 Å². The van der Waals surface area contributed by atoms with E-state index in [4.69, 9.17) is 0 Å². The second-order valence-electron chi connectivity index (χ2n) is 5.52. The summed E-state index contributed by atoms with van der Waals surface area (Å²) in [4.78, 5) is 12.1. The predicted molar refractivity (Wildman–Crippen MR) is 82.5 cm³/mol. The molecule has 4 heteroatoms. The van der Waals surface area contributed by atoms with Crippen LogP contribution >= 0.6 is 11.8 Å². The van der Waals surface area contributed by atoms with Crippen molar-refractivity contribution in [2.45, 2.75) is 43.3 Å². The number of nitrogens with one attached hydrogen (secondary N) is 1. The molecule has 1 aliphatic rings. The van der Waals surface area contributed by atoms with Gasteiger partial charge >= 0.3 is 0 Å². The minimum Gasteiger partial charge on any atom is -0.326 e. The Labute approximate surface area is 124 Å². The number of carbonyl (C=O) groups excluding carboxylic acids is 1. The third-order valence-electron chi connectivity index (χ3n) is 3.68. The zero-order valence-corrected chi connectivity index (χ0v) is 12.7. The molecule has 1 amide bonds. The zero-order chi connectivity index (χ0) is 14.5. The van der Waals surface area contributed by atoms with Crippen LogP contribution in [0.4, 0.5) is 5.69 Å². The Morgan fingerprint density at radius 1 is 1.35 bits per heavy atom. The van der Waals surface area contributed by atoms with Gasteiger partial charge in [0.05, 0.1) is 12.0 Å². The van der Waals surface area contributed by atoms with E-state index in [1.807, 2.05) is 24.3 Å². The van der Waals surface area contributed by atoms with Gasteiger partial charge in [0, 0.05) is 22.8 Å². The van der Waals surface area contributed by atoms with E-state index in [-0.39, 0.29) is 11.8 Å². The van der Waals surface area contributed by atoms with Crippen LogP contribution in [0.2, 0.25) is 0 Å². The molecule has 1 aromatic carbocycles. The van der Waals surface area contributed by atoms with E-state index in [0.29, 0.717) is 11.2 Å². The maximum absolute atomic E-state index is 11.0. The van der Waals surface area contributed by atoms with Crippen molar-refractivity contribution in [2.75, 3.05) is 5.32 Å². The summed E-state index contributed by atoms with van der Waals surface area (Å²) in [7, 11) is 0. The SMILES string of the molecule is CC(=O)Nc1ccc(SC2CC(C)CCC2C#N)cc1. The fraction of sp³-hybridized carbons (Fsp3) is 0.500. The van der Waals surface area contributed by atoms with Gasteiger partial charge in [-0.25, -0.2) is 0 Å². The van der Waals surface area contributed by atoms with Crippen molar-refractivity contribution in [3.8, 4) is 6.07 Å². The lowest BCUT2D eigenvalue weighted by atomic mass is 9.83. The molecule has 1 saturated carbocycles. The van der Waals surface area contributed by atoms with Crippen molar-refractivity contribution in [1.82, 2.24) is 0 Å². The van der Waals surface area contributed by atoms with Gasteiger partial charge in [-0.1, -0.05) is 6.92 Å². The van der Waals surface area contributed by atoms with Gasteiger partial charge in [-0.15, -0.1) is 11.8 Å². The summed E-state index contributed by atoms with van der Waals surface area (Å²) in [5, 5.41) is 12.4. The Hall–Kier alpha value is -1.47. The molecule has 0 heterocycles. The summed E-state index contributed by atoms with van der Waals surface area (Å²) >= 11 is 1.79. The zero-order valence-electron chi connectivity index (χ0n) is 11.9. The Bertz CT molecular complexity index is 506. The van der Waals surface area contributed by atoms with Gasteiger partial charge in [-0.3, -0.25) is 4.79 Å². The van der Waals surface area contributed by atoms with Crippen molar-refractivity contribution in [2.24, 2.45) is 11.8 Å². The third-order valence-corrected chi connectivity index (χ3v) is 5.05. The van der Waals surface area contributed by atoms with Gasteiger partial charge in [0.15, 0.2) is 0 Å². The van der Waals surface area contributed by atoms with E-state index >= 15 is 0 Å². The molecule has 0 spiro atoms. The maximum atomic E-state index is 11.0. The number of thioether (sulfide) groups is 1. The normalized spacial score (nSPS) is 25.8. The van der Waals surface area contributed by atoms with Crippen LogP contribution in [0.15, 0.2) is 29.2 Å². The minimum absolute atomic E-state index is 0.0592. The topological polar surface area (TPSA) is 52.9 Å². The van der Waals surface area contributed by atoms with Crippen LogP contribution in [0, 0.1) is 23.2 Å². The standard InChI is InChI=1S/C16H20N2OS/c1-11-3-4-13(10-17)16(9-11)20-15-7-5-14(6-8-15)18-12(2)19/h5-8,11,13,16H,3-4,9H2,1-2H3,(H,18,19). The molecular formula is C16H20N2OS. The fourth-order valence-corrected chi connectivity index (χ4v) is 4.03. The van der Waals surface area contributed by atoms with Crippen molar-refractivity contribution in [3.63, 3.8) is 0 Å². The molecule has 3 atom stereocenters. The van der Waals surface area contributed by atoms with Gasteiger partial charge < -0.3 is 5.32 Å². The Morgan fingerprint density at radius 3 is 2.65 bits per heavy atom. The lowest BCUT2D eigenvalue weighted by Gasteiger charge is -2.30. The summed E-state index contributed by atoms with van der Waals surface area (Å²) in [5.74, 6) is 0.804. The van der Waals surface area contributed by atoms with Gasteiger partial charge in [0.25, 0.3) is 0 Å². The molecule has 0 aliphatic heterocycles. The van der Waals surface area contributed by atoms with Crippen LogP contribution in [-0.4, -0.2) is 11.2 Å². The first kappa shape index (κ1) is 14.9. The van der Waals surface area contributed by atoms with Crippen molar-refractivity contribution in [1.29, 1.82) is 5.26 Å². The van der Waals surface area contributed by atoms with Crippen LogP contribution in [0.1, 0.15) is 33.1 Å². The van der Waals surface area contributed by atoms with Crippen LogP contribution < -0.4 is 5.32 Å². The number of hydrogen-bond acceptors (Lipinski definition) is 3. The first-order chi connectivity index (χ1) is 9.58. The Kier molecular flexibility index (Phi) is 5.08. The monoisotopic (exact) mass is 288 g/mol. The second-order valence-corrected chi connectivity index (χ2v) is 6.83. The average Bonchev–Trinajstić information content (AvgIpc) is 2.41. The van der Waals surface area contributed by atoms with Crippen LogP contribution in [0.25, 0.3) is 0 Å². The van der Waals surface area contributed by atoms with Crippen molar-refractivity contribution >= 4 is 23.4 Å². The van der Waals surface area contributed by atoms with Crippen molar-refractivity contribution in [3.05, 3.63) is 24.3 Å². The largest absolute Gasteiger partial charge is 0.326 e. The smallest absolute Gasteiger partial charge is 0.221 e. The second kappa shape index (κ2) is 6.81. The molecule has 20 heavy (non-hydrogen) atoms. The summed E-state index contributed by atoms with van der Waals surface area (Å²) in [6.07, 6.45) is 3.28. The number of nitrogens with zero attached hydrogens (tertiary/aromatic N) is 1. The molecule has 0 bridgehead atoms. The number of benzene rings is 1. The molecule has 1 fully saturated rings. The molecule has 1 aliphatic carbocycles. The quantitative estimate of drug-likeness (QED) is 0.912. The highest BCUT2D eigenvalue weighted by atomic mass is 32.2. The molecular weight excluding hydrogens is 268 g/mol. The van der Waals surface area contributed by atoms with E-state index in [9.17, 15) is 10.1 Å². The molecule has 1 aromatic rings. The number of anilines is 1. The lowest BCUT2D eigenvalue weighted by molar-refractivity contribution is -0.114. The molecule has 0 radical (unpaired) electrons. The van der Waals surface area contributed by atoms with Crippen LogP contribution in [-0.2, 0) is 4.79 Å². The lowest BCUT2D eigenvalue weighted by Crippen LogP contribution is -2.24. The molecule has 3 nitrogen and oxygen atoms in total. The number of hydrogen-bond donors (Lipinski definition) is 1. The van der Waals surface area contributed by atoms with E-state index in [0.717, 1.165) is 24.9 Å². The highest BCUT2D eigenvalue weighted by Crippen LogP contribution is 2.39. The number of nitriles is 1. The highest BCUT2D eigenvalue weighted by Gasteiger charge is 2.29. The molecule has 3 unspecified atom stereocenters. The third kappa shape index (κ3) is 4.01.